The summed E-state index contributed by atoms with van der Waals surface area (Å²) in [5.41, 5.74) is 3.39. The van der Waals surface area contributed by atoms with E-state index in [4.69, 9.17) is 17.0 Å². The molecule has 4 aliphatic heterocycles. The number of aromatic nitrogens is 4. The van der Waals surface area contributed by atoms with Crippen LogP contribution in [0.25, 0.3) is 0 Å². The molecule has 0 spiro atoms. The monoisotopic (exact) mass is 814 g/mol. The third kappa shape index (κ3) is 8.08. The molecule has 2 atom stereocenters. The number of carbonyl (C=O) groups excluding carboxylic acids is 3. The molecule has 306 valence electrons. The van der Waals surface area contributed by atoms with E-state index in [0.29, 0.717) is 42.7 Å². The van der Waals surface area contributed by atoms with Crippen LogP contribution in [0.1, 0.15) is 96.5 Å². The number of amides is 3. The minimum Gasteiger partial charge on any atom is -0.451 e. The lowest BCUT2D eigenvalue weighted by atomic mass is 9.94. The summed E-state index contributed by atoms with van der Waals surface area (Å²) in [5, 5.41) is 10.0. The smallest absolute Gasteiger partial charge is 0.284 e. The first-order chi connectivity index (χ1) is 28.2. The molecule has 3 saturated heterocycles. The molecule has 4 aromatic rings. The molecule has 58 heavy (non-hydrogen) atoms. The van der Waals surface area contributed by atoms with Crippen molar-refractivity contribution >= 4 is 53.2 Å². The van der Waals surface area contributed by atoms with Crippen molar-refractivity contribution in [2.45, 2.75) is 81.8 Å². The first-order valence-electron chi connectivity index (χ1n) is 20.4. The Kier molecular flexibility index (Phi) is 10.9. The normalized spacial score (nSPS) is 22.4. The number of carbonyl (C=O) groups is 3. The van der Waals surface area contributed by atoms with Crippen LogP contribution in [-0.4, -0.2) is 92.6 Å². The fourth-order valence-corrected chi connectivity index (χ4v) is 9.45. The molecule has 1 aromatic carbocycles. The van der Waals surface area contributed by atoms with E-state index < -0.39 is 18.0 Å². The zero-order valence-electron chi connectivity index (χ0n) is 32.2. The summed E-state index contributed by atoms with van der Waals surface area (Å²) >= 11 is 4.86. The second-order valence-corrected chi connectivity index (χ2v) is 16.8. The molecule has 3 aromatic heterocycles. The van der Waals surface area contributed by atoms with Crippen molar-refractivity contribution in [3.05, 3.63) is 77.9 Å². The third-order valence-electron chi connectivity index (χ3n) is 12.4. The van der Waals surface area contributed by atoms with Crippen molar-refractivity contribution in [2.24, 2.45) is 11.8 Å². The summed E-state index contributed by atoms with van der Waals surface area (Å²) in [6, 6.07) is 9.39. The highest BCUT2D eigenvalue weighted by molar-refractivity contribution is 7.80. The molecule has 5 aliphatic rings. The minimum absolute atomic E-state index is 0.00583. The van der Waals surface area contributed by atoms with Crippen LogP contribution in [-0.2, 0) is 16.1 Å². The van der Waals surface area contributed by atoms with Gasteiger partial charge in [0.1, 0.15) is 12.1 Å². The van der Waals surface area contributed by atoms with E-state index in [1.54, 1.807) is 29.2 Å². The van der Waals surface area contributed by atoms with Gasteiger partial charge in [0.05, 0.1) is 28.8 Å². The second-order valence-electron chi connectivity index (χ2n) is 16.3. The number of benzene rings is 1. The van der Waals surface area contributed by atoms with Crippen LogP contribution in [0.15, 0.2) is 59.8 Å². The first kappa shape index (κ1) is 38.6. The van der Waals surface area contributed by atoms with Crippen LogP contribution in [0.2, 0.25) is 0 Å². The van der Waals surface area contributed by atoms with E-state index >= 15 is 0 Å². The Morgan fingerprint density at radius 1 is 1.00 bits per heavy atom. The number of piperidine rings is 3. The predicted octanol–water partition coefficient (Wildman–Crippen LogP) is 6.11. The molecule has 2 N–H and O–H groups in total. The van der Waals surface area contributed by atoms with Crippen LogP contribution >= 0.6 is 12.6 Å². The number of alkyl halides is 2. The lowest BCUT2D eigenvalue weighted by Crippen LogP contribution is -2.51. The van der Waals surface area contributed by atoms with E-state index in [-0.39, 0.29) is 40.7 Å². The van der Waals surface area contributed by atoms with Crippen molar-refractivity contribution in [1.82, 2.24) is 34.9 Å². The molecule has 0 radical (unpaired) electrons. The van der Waals surface area contributed by atoms with Crippen molar-refractivity contribution in [3.8, 4) is 0 Å². The van der Waals surface area contributed by atoms with Gasteiger partial charge < -0.3 is 19.5 Å². The van der Waals surface area contributed by atoms with E-state index in [9.17, 15) is 23.2 Å². The number of likely N-dealkylation sites (tertiary alicyclic amines) is 1. The van der Waals surface area contributed by atoms with Crippen LogP contribution in [0, 0.1) is 11.8 Å². The number of hydrogen-bond donors (Lipinski definition) is 3. The number of fused-ring (bicyclic) bond motifs is 1. The highest BCUT2D eigenvalue weighted by Gasteiger charge is 2.40. The minimum atomic E-state index is -2.91. The fraction of sp³-hybridized carbons (Fsp3) is 0.512. The van der Waals surface area contributed by atoms with Crippen molar-refractivity contribution in [2.75, 3.05) is 54.4 Å². The Morgan fingerprint density at radius 3 is 2.53 bits per heavy atom. The number of oxazole rings is 1. The highest BCUT2D eigenvalue weighted by atomic mass is 32.1. The zero-order chi connectivity index (χ0) is 39.9. The average Bonchev–Trinajstić information content (AvgIpc) is 3.54. The van der Waals surface area contributed by atoms with E-state index in [1.807, 2.05) is 0 Å². The maximum absolute atomic E-state index is 14.7. The number of hydrogen-bond acceptors (Lipinski definition) is 12. The Morgan fingerprint density at radius 2 is 1.81 bits per heavy atom. The second kappa shape index (κ2) is 16.4. The van der Waals surface area contributed by atoms with Crippen LogP contribution in [0.3, 0.4) is 0 Å². The van der Waals surface area contributed by atoms with Gasteiger partial charge in [-0.1, -0.05) is 6.07 Å². The maximum atomic E-state index is 14.7. The first-order valence-corrected chi connectivity index (χ1v) is 20.9. The molecule has 1 saturated carbocycles. The number of anilines is 4. The molecule has 9 rings (SSSR count). The zero-order valence-corrected chi connectivity index (χ0v) is 33.1. The van der Waals surface area contributed by atoms with Crippen LogP contribution < -0.4 is 20.4 Å². The van der Waals surface area contributed by atoms with Gasteiger partial charge in [-0.3, -0.25) is 34.2 Å². The Balaban J connectivity index is 0.817. The number of nitrogens with one attached hydrogen (secondary N) is 2. The standard InChI is InChI=1S/C41H48F2N10O4S/c42-38(43)37-34(53(40(56)32-23-57-24-46-32)30-7-12-44-35(18-30)45-19-25-1-2-25)22-52(48-37)28-10-13-49(14-11-28)20-26-8-15-50(16-9-26)29-3-4-31-27(17-29)21-51(41(31)58)33-5-6-36(54)47-39(33)55/h3-4,7,12,17-18,22-26,28,33,38,41,58H,1-2,5-6,8-11,13-16,19-21H2,(H,44,45)(H,47,54,55). The fourth-order valence-electron chi connectivity index (χ4n) is 8.96. The lowest BCUT2D eigenvalue weighted by molar-refractivity contribution is -0.137. The molecule has 4 fully saturated rings. The number of pyridine rings is 1. The lowest BCUT2D eigenvalue weighted by Gasteiger charge is -2.38. The highest BCUT2D eigenvalue weighted by Crippen LogP contribution is 2.42. The molecule has 0 bridgehead atoms. The molecule has 17 heteroatoms. The number of halogens is 2. The van der Waals surface area contributed by atoms with E-state index in [2.05, 4.69) is 58.6 Å². The molecule has 2 unspecified atom stereocenters. The van der Waals surface area contributed by atoms with Gasteiger partial charge in [0.15, 0.2) is 17.8 Å². The van der Waals surface area contributed by atoms with Crippen LogP contribution in [0.5, 0.6) is 0 Å². The molecular formula is C41H48F2N10O4S. The summed E-state index contributed by atoms with van der Waals surface area (Å²) in [4.78, 5) is 54.8. The summed E-state index contributed by atoms with van der Waals surface area (Å²) < 4.78 is 36.1. The van der Waals surface area contributed by atoms with Gasteiger partial charge in [0, 0.05) is 76.4 Å². The predicted molar refractivity (Wildman–Crippen MR) is 215 cm³/mol. The largest absolute Gasteiger partial charge is 0.451 e. The quantitative estimate of drug-likeness (QED) is 0.113. The number of thiol groups is 1. The Labute approximate surface area is 340 Å². The Bertz CT molecular complexity index is 2130. The molecular weight excluding hydrogens is 767 g/mol. The number of rotatable bonds is 12. The average molecular weight is 815 g/mol. The van der Waals surface area contributed by atoms with Gasteiger partial charge in [-0.25, -0.2) is 18.7 Å². The van der Waals surface area contributed by atoms with Gasteiger partial charge in [0.25, 0.3) is 12.3 Å². The van der Waals surface area contributed by atoms with E-state index in [1.165, 1.54) is 22.4 Å². The van der Waals surface area contributed by atoms with Gasteiger partial charge >= 0.3 is 0 Å². The van der Waals surface area contributed by atoms with Crippen molar-refractivity contribution in [3.63, 3.8) is 0 Å². The number of nitrogens with zero attached hydrogens (tertiary/aromatic N) is 8. The maximum Gasteiger partial charge on any atom is 0.284 e. The van der Waals surface area contributed by atoms with Crippen molar-refractivity contribution in [1.29, 1.82) is 0 Å². The van der Waals surface area contributed by atoms with Crippen molar-refractivity contribution < 1.29 is 27.6 Å². The topological polar surface area (TPSA) is 145 Å². The molecule has 1 aliphatic carbocycles. The summed E-state index contributed by atoms with van der Waals surface area (Å²) in [5.74, 6) is 0.643. The van der Waals surface area contributed by atoms with E-state index in [0.717, 1.165) is 89.8 Å². The van der Waals surface area contributed by atoms with Gasteiger partial charge in [-0.2, -0.15) is 17.7 Å². The summed E-state index contributed by atoms with van der Waals surface area (Å²) in [7, 11) is 0. The third-order valence-corrected chi connectivity index (χ3v) is 13.0. The van der Waals surface area contributed by atoms with Crippen LogP contribution in [0.4, 0.5) is 31.7 Å². The number of imide groups is 1. The SMILES string of the molecule is O=C1CCC(N2Cc3cc(N4CCC(CN5CCC(n6cc(N(C(=O)c7cocn7)c7ccnc(NCC8CC8)c7)c(C(F)F)n6)CC5)CC4)ccc3C2S)C(=O)N1. The molecule has 7 heterocycles. The van der Waals surface area contributed by atoms with Gasteiger partial charge in [-0.15, -0.1) is 0 Å². The molecule has 14 nitrogen and oxygen atoms in total. The summed E-state index contributed by atoms with van der Waals surface area (Å²) in [6.45, 7) is 5.92. The van der Waals surface area contributed by atoms with Gasteiger partial charge in [0.2, 0.25) is 11.8 Å². The van der Waals surface area contributed by atoms with Gasteiger partial charge in [-0.05, 0) is 86.1 Å². The summed E-state index contributed by atoms with van der Waals surface area (Å²) in [6.07, 6.45) is 9.38. The molecule has 3 amide bonds. The Hall–Kier alpha value is -4.87.